The zero-order chi connectivity index (χ0) is 18.7. The van der Waals surface area contributed by atoms with Gasteiger partial charge in [0.2, 0.25) is 0 Å². The van der Waals surface area contributed by atoms with Crippen LogP contribution >= 0.6 is 0 Å². The summed E-state index contributed by atoms with van der Waals surface area (Å²) in [5.41, 5.74) is 2.65. The number of fused-ring (bicyclic) bond motifs is 6. The lowest BCUT2D eigenvalue weighted by atomic mass is 9.63. The highest BCUT2D eigenvalue weighted by molar-refractivity contribution is 5.73. The van der Waals surface area contributed by atoms with E-state index in [4.69, 9.17) is 4.74 Å². The number of hydrogen-bond donors (Lipinski definition) is 3. The molecule has 0 bridgehead atoms. The first kappa shape index (κ1) is 17.5. The zero-order valence-corrected chi connectivity index (χ0v) is 15.6. The van der Waals surface area contributed by atoms with E-state index >= 15 is 0 Å². The molecule has 4 aliphatic rings. The molecule has 6 heteroatoms. The molecule has 146 valence electrons. The molecule has 0 spiro atoms. The lowest BCUT2D eigenvalue weighted by molar-refractivity contribution is -0.172. The van der Waals surface area contributed by atoms with Crippen LogP contribution in [-0.2, 0) is 9.53 Å². The lowest BCUT2D eigenvalue weighted by Gasteiger charge is -2.54. The van der Waals surface area contributed by atoms with Gasteiger partial charge in [-0.3, -0.25) is 9.69 Å². The van der Waals surface area contributed by atoms with Crippen LogP contribution in [0.3, 0.4) is 0 Å². The Kier molecular flexibility index (Phi) is 4.18. The highest BCUT2D eigenvalue weighted by Gasteiger charge is 2.54. The largest absolute Gasteiger partial charge is 0.469 e. The number of benzene rings is 1. The summed E-state index contributed by atoms with van der Waals surface area (Å²) < 4.78 is 4.99. The number of carbonyl (C=O) groups excluding carboxylic acids is 1. The first-order valence-corrected chi connectivity index (χ1v) is 10.1. The van der Waals surface area contributed by atoms with Crippen LogP contribution in [0.15, 0.2) is 24.3 Å². The third-order valence-electron chi connectivity index (χ3n) is 7.56. The number of ether oxygens (including phenoxy) is 1. The minimum Gasteiger partial charge on any atom is -0.469 e. The fourth-order valence-corrected chi connectivity index (χ4v) is 6.33. The quantitative estimate of drug-likeness (QED) is 0.643. The molecular weight excluding hydrogens is 344 g/mol. The van der Waals surface area contributed by atoms with E-state index in [1.54, 1.807) is 0 Å². The number of aliphatic hydroxyl groups is 2. The smallest absolute Gasteiger partial charge is 0.311 e. The third kappa shape index (κ3) is 2.61. The summed E-state index contributed by atoms with van der Waals surface area (Å²) in [4.78, 5) is 15.0. The minimum absolute atomic E-state index is 0.0568. The van der Waals surface area contributed by atoms with Crippen LogP contribution in [0.2, 0.25) is 0 Å². The molecule has 0 amide bonds. The molecule has 0 aromatic heterocycles. The minimum atomic E-state index is -1.03. The summed E-state index contributed by atoms with van der Waals surface area (Å²) in [6, 6.07) is 9.25. The van der Waals surface area contributed by atoms with E-state index in [9.17, 15) is 15.0 Å². The number of esters is 1. The molecule has 1 aliphatic carbocycles. The van der Waals surface area contributed by atoms with Crippen molar-refractivity contribution in [1.29, 1.82) is 0 Å². The predicted octanol–water partition coefficient (Wildman–Crippen LogP) is 1.19. The Bertz CT molecular complexity index is 741. The van der Waals surface area contributed by atoms with E-state index in [0.717, 1.165) is 25.9 Å². The summed E-state index contributed by atoms with van der Waals surface area (Å²) >= 11 is 0. The molecule has 3 heterocycles. The number of methoxy groups -OCH3 is 1. The highest BCUT2D eigenvalue weighted by atomic mass is 16.5. The molecule has 3 fully saturated rings. The van der Waals surface area contributed by atoms with Crippen molar-refractivity contribution >= 4 is 11.7 Å². The van der Waals surface area contributed by atoms with Gasteiger partial charge in [0, 0.05) is 30.2 Å². The molecule has 0 radical (unpaired) electrons. The molecule has 3 aliphatic heterocycles. The van der Waals surface area contributed by atoms with Gasteiger partial charge in [-0.15, -0.1) is 0 Å². The standard InChI is InChI=1S/C21H28N2O4/c1-27-21(26)18-14-9-16-19-13(12-4-2-3-5-15(12)22-19)6-7-23(16)10-11(14)8-17(24)20(18)25/h2-5,11,13-14,16-20,22,24-25H,6-10H2,1H3/t11-,13-,14+,16-,17-,18+,19+,20+/m1/s1. The van der Waals surface area contributed by atoms with Gasteiger partial charge >= 0.3 is 5.97 Å². The Balaban J connectivity index is 1.43. The number of hydrogen-bond acceptors (Lipinski definition) is 6. The van der Waals surface area contributed by atoms with Gasteiger partial charge in [-0.25, -0.2) is 0 Å². The summed E-state index contributed by atoms with van der Waals surface area (Å²) in [5.74, 6) is -0.227. The predicted molar refractivity (Wildman–Crippen MR) is 100 cm³/mol. The van der Waals surface area contributed by atoms with Crippen molar-refractivity contribution < 1.29 is 19.7 Å². The number of carbonyl (C=O) groups is 1. The molecule has 6 nitrogen and oxygen atoms in total. The van der Waals surface area contributed by atoms with Crippen LogP contribution in [-0.4, -0.2) is 65.6 Å². The van der Waals surface area contributed by atoms with Crippen LogP contribution in [0.5, 0.6) is 0 Å². The van der Waals surface area contributed by atoms with Crippen LogP contribution < -0.4 is 5.32 Å². The monoisotopic (exact) mass is 372 g/mol. The molecule has 27 heavy (non-hydrogen) atoms. The van der Waals surface area contributed by atoms with Gasteiger partial charge in [-0.2, -0.15) is 0 Å². The van der Waals surface area contributed by atoms with Crippen molar-refractivity contribution in [1.82, 2.24) is 4.90 Å². The number of aliphatic hydroxyl groups excluding tert-OH is 2. The first-order valence-electron chi connectivity index (χ1n) is 10.1. The average molecular weight is 372 g/mol. The molecule has 8 atom stereocenters. The number of nitrogens with one attached hydrogen (secondary N) is 1. The number of rotatable bonds is 1. The molecule has 2 saturated heterocycles. The van der Waals surface area contributed by atoms with Crippen LogP contribution in [0.1, 0.15) is 30.7 Å². The van der Waals surface area contributed by atoms with Gasteiger partial charge < -0.3 is 20.3 Å². The number of anilines is 1. The second-order valence-corrected chi connectivity index (χ2v) is 8.72. The van der Waals surface area contributed by atoms with Gasteiger partial charge in [-0.05, 0) is 49.3 Å². The molecule has 1 aromatic carbocycles. The van der Waals surface area contributed by atoms with Crippen LogP contribution in [0.25, 0.3) is 0 Å². The van der Waals surface area contributed by atoms with E-state index in [-0.39, 0.29) is 17.8 Å². The Labute approximate surface area is 159 Å². The van der Waals surface area contributed by atoms with E-state index in [0.29, 0.717) is 24.4 Å². The maximum absolute atomic E-state index is 12.4. The fourth-order valence-electron chi connectivity index (χ4n) is 6.33. The van der Waals surface area contributed by atoms with Crippen LogP contribution in [0.4, 0.5) is 5.69 Å². The Hall–Kier alpha value is -1.63. The molecule has 1 saturated carbocycles. The first-order chi connectivity index (χ1) is 13.1. The normalized spacial score (nSPS) is 42.9. The molecular formula is C21H28N2O4. The second kappa shape index (κ2) is 6.47. The number of nitrogens with zero attached hydrogens (tertiary/aromatic N) is 1. The van der Waals surface area contributed by atoms with Gasteiger partial charge in [0.1, 0.15) is 0 Å². The van der Waals surface area contributed by atoms with E-state index in [2.05, 4.69) is 34.5 Å². The van der Waals surface area contributed by atoms with E-state index < -0.39 is 18.1 Å². The average Bonchev–Trinajstić information content (AvgIpc) is 3.06. The van der Waals surface area contributed by atoms with Crippen molar-refractivity contribution in [3.8, 4) is 0 Å². The molecule has 0 unspecified atom stereocenters. The summed E-state index contributed by atoms with van der Waals surface area (Å²) in [6.45, 7) is 1.93. The SMILES string of the molecule is COC(=O)[C@@H]1[C@@H](O)[C@H](O)C[C@@H]2CN3CC[C@@H]4c5ccccc5N[C@@H]4[C@H]3C[C@@H]21. The van der Waals surface area contributed by atoms with E-state index in [1.807, 2.05) is 0 Å². The van der Waals surface area contributed by atoms with Crippen molar-refractivity contribution in [3.05, 3.63) is 29.8 Å². The highest BCUT2D eigenvalue weighted by Crippen LogP contribution is 2.50. The van der Waals surface area contributed by atoms with Gasteiger partial charge in [0.05, 0.1) is 25.2 Å². The summed E-state index contributed by atoms with van der Waals surface area (Å²) in [7, 11) is 1.37. The fraction of sp³-hybridized carbons (Fsp3) is 0.667. The van der Waals surface area contributed by atoms with E-state index in [1.165, 1.54) is 18.4 Å². The van der Waals surface area contributed by atoms with Gasteiger partial charge in [0.25, 0.3) is 0 Å². The maximum atomic E-state index is 12.4. The summed E-state index contributed by atoms with van der Waals surface area (Å²) in [5, 5.41) is 24.6. The van der Waals surface area contributed by atoms with Gasteiger partial charge in [0.15, 0.2) is 0 Å². The number of piperidine rings is 2. The molecule has 5 rings (SSSR count). The van der Waals surface area contributed by atoms with Crippen LogP contribution in [0, 0.1) is 17.8 Å². The molecule has 3 N–H and O–H groups in total. The Morgan fingerprint density at radius 3 is 2.89 bits per heavy atom. The van der Waals surface area contributed by atoms with Gasteiger partial charge in [-0.1, -0.05) is 18.2 Å². The van der Waals surface area contributed by atoms with Crippen molar-refractivity contribution in [3.63, 3.8) is 0 Å². The Morgan fingerprint density at radius 2 is 2.07 bits per heavy atom. The second-order valence-electron chi connectivity index (χ2n) is 8.72. The number of para-hydroxylation sites is 1. The van der Waals surface area contributed by atoms with Crippen molar-refractivity contribution in [2.75, 3.05) is 25.5 Å². The maximum Gasteiger partial charge on any atom is 0.311 e. The lowest BCUT2D eigenvalue weighted by Crippen LogP contribution is -2.63. The molecule has 1 aromatic rings. The topological polar surface area (TPSA) is 82.0 Å². The zero-order valence-electron chi connectivity index (χ0n) is 15.6. The van der Waals surface area contributed by atoms with Crippen molar-refractivity contribution in [2.24, 2.45) is 17.8 Å². The van der Waals surface area contributed by atoms with Crippen molar-refractivity contribution in [2.45, 2.75) is 49.5 Å². The third-order valence-corrected chi connectivity index (χ3v) is 7.56. The Morgan fingerprint density at radius 1 is 1.26 bits per heavy atom. The summed E-state index contributed by atoms with van der Waals surface area (Å²) in [6.07, 6.45) is 0.672.